The number of sulfonamides is 1. The number of rotatable bonds is 11. The fraction of sp³-hybridized carbons (Fsp3) is 0.714. The fourth-order valence-electron chi connectivity index (χ4n) is 1.95. The molecule has 2 N–H and O–H groups in total. The minimum Gasteiger partial charge on any atom is -0.382 e. The molecule has 0 aliphatic rings. The van der Waals surface area contributed by atoms with Crippen molar-refractivity contribution in [3.8, 4) is 0 Å². The Labute approximate surface area is 132 Å². The average molecular weight is 335 g/mol. The van der Waals surface area contributed by atoms with Gasteiger partial charge in [0, 0.05) is 31.2 Å². The first-order valence-corrected chi connectivity index (χ1v) is 9.74. The predicted octanol–water partition coefficient (Wildman–Crippen LogP) is 2.26. The fourth-order valence-corrected chi connectivity index (χ4v) is 4.80. The molecule has 1 rings (SSSR count). The summed E-state index contributed by atoms with van der Waals surface area (Å²) < 4.78 is 32.7. The number of thiophene rings is 1. The molecule has 0 aliphatic carbocycles. The van der Waals surface area contributed by atoms with Gasteiger partial charge >= 0.3 is 0 Å². The van der Waals surface area contributed by atoms with Crippen LogP contribution >= 0.6 is 11.3 Å². The maximum atomic E-state index is 12.4. The van der Waals surface area contributed by atoms with Crippen LogP contribution in [0, 0.1) is 6.92 Å². The van der Waals surface area contributed by atoms with E-state index in [2.05, 4.69) is 17.0 Å². The summed E-state index contributed by atoms with van der Waals surface area (Å²) in [7, 11) is -3.44. The summed E-state index contributed by atoms with van der Waals surface area (Å²) in [5.41, 5.74) is 0.811. The van der Waals surface area contributed by atoms with Gasteiger partial charge in [0.2, 0.25) is 10.0 Å². The van der Waals surface area contributed by atoms with Crippen molar-refractivity contribution < 1.29 is 13.2 Å². The third-order valence-electron chi connectivity index (χ3n) is 2.93. The molecule has 7 heteroatoms. The summed E-state index contributed by atoms with van der Waals surface area (Å²) in [4.78, 5) is 1.31. The molecule has 0 unspecified atom stereocenters. The van der Waals surface area contributed by atoms with E-state index in [9.17, 15) is 8.42 Å². The molecule has 0 bridgehead atoms. The summed E-state index contributed by atoms with van der Waals surface area (Å²) in [6.45, 7) is 8.97. The molecule has 21 heavy (non-hydrogen) atoms. The van der Waals surface area contributed by atoms with Crippen LogP contribution in [0.5, 0.6) is 0 Å². The zero-order valence-corrected chi connectivity index (χ0v) is 14.7. The average Bonchev–Trinajstić information content (AvgIpc) is 2.81. The lowest BCUT2D eigenvalue weighted by Crippen LogP contribution is -2.27. The van der Waals surface area contributed by atoms with Crippen LogP contribution in [0.15, 0.2) is 10.3 Å². The van der Waals surface area contributed by atoms with Gasteiger partial charge in [0.05, 0.1) is 0 Å². The summed E-state index contributed by atoms with van der Waals surface area (Å²) >= 11 is 1.49. The van der Waals surface area contributed by atoms with Crippen molar-refractivity contribution in [2.75, 3.05) is 26.3 Å². The zero-order chi connectivity index (χ0) is 15.7. The van der Waals surface area contributed by atoms with Crippen LogP contribution in [-0.4, -0.2) is 34.7 Å². The highest BCUT2D eigenvalue weighted by atomic mass is 32.2. The van der Waals surface area contributed by atoms with E-state index < -0.39 is 10.0 Å². The van der Waals surface area contributed by atoms with E-state index in [4.69, 9.17) is 4.74 Å². The number of hydrogen-bond donors (Lipinski definition) is 2. The van der Waals surface area contributed by atoms with Crippen molar-refractivity contribution >= 4 is 21.4 Å². The van der Waals surface area contributed by atoms with E-state index in [0.717, 1.165) is 23.4 Å². The van der Waals surface area contributed by atoms with Gasteiger partial charge in [-0.25, -0.2) is 13.1 Å². The molecule has 1 aromatic heterocycles. The number of nitrogens with one attached hydrogen (secondary N) is 2. The quantitative estimate of drug-likeness (QED) is 0.609. The molecular formula is C14H26N2O3S2. The van der Waals surface area contributed by atoms with Crippen LogP contribution in [0.25, 0.3) is 0 Å². The van der Waals surface area contributed by atoms with Crippen LogP contribution in [0.4, 0.5) is 0 Å². The monoisotopic (exact) mass is 334 g/mol. The summed E-state index contributed by atoms with van der Waals surface area (Å²) in [6.07, 6.45) is 1.71. The molecule has 1 heterocycles. The smallest absolute Gasteiger partial charge is 0.241 e. The second-order valence-electron chi connectivity index (χ2n) is 4.80. The van der Waals surface area contributed by atoms with E-state index in [1.807, 2.05) is 19.2 Å². The Morgan fingerprint density at radius 3 is 2.71 bits per heavy atom. The third kappa shape index (κ3) is 6.04. The van der Waals surface area contributed by atoms with Crippen molar-refractivity contribution in [2.45, 2.75) is 45.1 Å². The molecule has 5 nitrogen and oxygen atoms in total. The van der Waals surface area contributed by atoms with Gasteiger partial charge in [0.1, 0.15) is 4.90 Å². The van der Waals surface area contributed by atoms with Crippen LogP contribution in [-0.2, 0) is 21.3 Å². The Bertz CT molecular complexity index is 512. The Kier molecular flexibility index (Phi) is 8.43. The highest BCUT2D eigenvalue weighted by Gasteiger charge is 2.22. The molecular weight excluding hydrogens is 308 g/mol. The van der Waals surface area contributed by atoms with Crippen molar-refractivity contribution in [3.63, 3.8) is 0 Å². The van der Waals surface area contributed by atoms with Gasteiger partial charge in [0.15, 0.2) is 0 Å². The summed E-state index contributed by atoms with van der Waals surface area (Å²) in [5, 5.41) is 5.16. The molecule has 0 saturated heterocycles. The van der Waals surface area contributed by atoms with Crippen LogP contribution in [0.2, 0.25) is 0 Å². The Balaban J connectivity index is 2.66. The second-order valence-corrected chi connectivity index (χ2v) is 7.46. The third-order valence-corrected chi connectivity index (χ3v) is 5.86. The van der Waals surface area contributed by atoms with Crippen molar-refractivity contribution in [3.05, 3.63) is 15.8 Å². The van der Waals surface area contributed by atoms with Gasteiger partial charge in [-0.15, -0.1) is 11.3 Å². The number of aryl methyl sites for hydroxylation is 1. The topological polar surface area (TPSA) is 67.4 Å². The van der Waals surface area contributed by atoms with Crippen molar-refractivity contribution in [2.24, 2.45) is 0 Å². The van der Waals surface area contributed by atoms with Gasteiger partial charge < -0.3 is 10.1 Å². The maximum absolute atomic E-state index is 12.4. The van der Waals surface area contributed by atoms with Gasteiger partial charge in [-0.1, -0.05) is 6.92 Å². The molecule has 0 atom stereocenters. The van der Waals surface area contributed by atoms with Gasteiger partial charge in [-0.3, -0.25) is 0 Å². The Morgan fingerprint density at radius 2 is 2.05 bits per heavy atom. The van der Waals surface area contributed by atoms with Gasteiger partial charge in [0.25, 0.3) is 0 Å². The minimum atomic E-state index is -3.44. The first-order chi connectivity index (χ1) is 10.0. The van der Waals surface area contributed by atoms with Gasteiger partial charge in [-0.2, -0.15) is 0 Å². The van der Waals surface area contributed by atoms with E-state index in [1.165, 1.54) is 11.3 Å². The van der Waals surface area contributed by atoms with Crippen molar-refractivity contribution in [1.82, 2.24) is 10.0 Å². The molecule has 1 aromatic rings. The SMILES string of the molecule is CCCNCc1scc(C)c1S(=O)(=O)NCCCOCC. The highest BCUT2D eigenvalue weighted by molar-refractivity contribution is 7.89. The molecule has 0 aromatic carbocycles. The van der Waals surface area contributed by atoms with Crippen LogP contribution in [0.3, 0.4) is 0 Å². The Hall–Kier alpha value is -0.470. The zero-order valence-electron chi connectivity index (χ0n) is 13.1. The molecule has 0 aliphatic heterocycles. The number of hydrogen-bond acceptors (Lipinski definition) is 5. The van der Waals surface area contributed by atoms with E-state index in [1.54, 1.807) is 0 Å². The largest absolute Gasteiger partial charge is 0.382 e. The first kappa shape index (κ1) is 18.6. The predicted molar refractivity (Wildman–Crippen MR) is 87.4 cm³/mol. The molecule has 0 amide bonds. The normalized spacial score (nSPS) is 12.0. The number of ether oxygens (including phenoxy) is 1. The van der Waals surface area contributed by atoms with Crippen LogP contribution < -0.4 is 10.0 Å². The molecule has 0 radical (unpaired) electrons. The van der Waals surface area contributed by atoms with E-state index in [-0.39, 0.29) is 0 Å². The molecule has 122 valence electrons. The lowest BCUT2D eigenvalue weighted by atomic mass is 10.3. The van der Waals surface area contributed by atoms with E-state index in [0.29, 0.717) is 37.6 Å². The maximum Gasteiger partial charge on any atom is 0.241 e. The molecule has 0 fully saturated rings. The first-order valence-electron chi connectivity index (χ1n) is 7.38. The van der Waals surface area contributed by atoms with E-state index >= 15 is 0 Å². The summed E-state index contributed by atoms with van der Waals surface area (Å²) in [6, 6.07) is 0. The minimum absolute atomic E-state index is 0.402. The Morgan fingerprint density at radius 1 is 1.29 bits per heavy atom. The molecule has 0 saturated carbocycles. The lowest BCUT2D eigenvalue weighted by Gasteiger charge is -2.10. The highest BCUT2D eigenvalue weighted by Crippen LogP contribution is 2.26. The second kappa shape index (κ2) is 9.53. The summed E-state index contributed by atoms with van der Waals surface area (Å²) in [5.74, 6) is 0. The van der Waals surface area contributed by atoms with Crippen LogP contribution in [0.1, 0.15) is 37.1 Å². The van der Waals surface area contributed by atoms with Gasteiger partial charge in [-0.05, 0) is 44.2 Å². The van der Waals surface area contributed by atoms with Crippen molar-refractivity contribution in [1.29, 1.82) is 0 Å². The standard InChI is InChI=1S/C14H26N2O3S2/c1-4-7-15-10-13-14(12(3)11-20-13)21(17,18)16-8-6-9-19-5-2/h11,15-16H,4-10H2,1-3H3. The lowest BCUT2D eigenvalue weighted by molar-refractivity contribution is 0.146. The molecule has 0 spiro atoms.